The van der Waals surface area contributed by atoms with Crippen LogP contribution >= 0.6 is 0 Å². The van der Waals surface area contributed by atoms with E-state index in [-0.39, 0.29) is 12.3 Å². The quantitative estimate of drug-likeness (QED) is 0.624. The lowest BCUT2D eigenvalue weighted by Crippen LogP contribution is -2.17. The lowest BCUT2D eigenvalue weighted by Gasteiger charge is -2.16. The maximum atomic E-state index is 13.0. The average Bonchev–Trinajstić information content (AvgIpc) is 2.70. The fourth-order valence-corrected chi connectivity index (χ4v) is 2.89. The zero-order valence-electron chi connectivity index (χ0n) is 16.6. The highest BCUT2D eigenvalue weighted by Crippen LogP contribution is 2.18. The van der Waals surface area contributed by atoms with E-state index in [0.717, 1.165) is 5.56 Å². The number of amides is 1. The number of hydrogen-bond donors (Lipinski definition) is 2. The van der Waals surface area contributed by atoms with Crippen LogP contribution in [0.15, 0.2) is 54.7 Å². The first-order chi connectivity index (χ1) is 14.3. The molecule has 0 aliphatic carbocycles. The van der Waals surface area contributed by atoms with Gasteiger partial charge in [0.05, 0.1) is 6.42 Å². The molecule has 1 heterocycles. The molecule has 0 spiro atoms. The van der Waals surface area contributed by atoms with E-state index in [2.05, 4.69) is 15.3 Å². The summed E-state index contributed by atoms with van der Waals surface area (Å²) in [7, 11) is 3.60. The van der Waals surface area contributed by atoms with Crippen LogP contribution < -0.4 is 10.2 Å². The Morgan fingerprint density at radius 1 is 1.07 bits per heavy atom. The number of rotatable bonds is 7. The second-order valence-electron chi connectivity index (χ2n) is 6.93. The molecule has 0 saturated carbocycles. The molecule has 8 heteroatoms. The van der Waals surface area contributed by atoms with Gasteiger partial charge in [0.2, 0.25) is 0 Å². The molecule has 30 heavy (non-hydrogen) atoms. The van der Waals surface area contributed by atoms with Crippen molar-refractivity contribution >= 4 is 23.4 Å². The Bertz CT molecular complexity index is 1050. The standard InChI is InChI=1S/C22H21FN4O3/c1-27(2)21-16(12-20(28)29)13-24-19(26-21)11-14-3-9-18(10-4-14)25-22(30)15-5-7-17(23)8-6-15/h3-10,13H,11-12H2,1-2H3,(H,25,30)(H,28,29). The molecule has 3 aromatic rings. The summed E-state index contributed by atoms with van der Waals surface area (Å²) in [6, 6.07) is 12.6. The van der Waals surface area contributed by atoms with Crippen LogP contribution in [0.2, 0.25) is 0 Å². The highest BCUT2D eigenvalue weighted by molar-refractivity contribution is 6.04. The van der Waals surface area contributed by atoms with E-state index in [9.17, 15) is 14.0 Å². The minimum Gasteiger partial charge on any atom is -0.481 e. The predicted octanol–water partition coefficient (Wildman–Crippen LogP) is 3.15. The number of carbonyl (C=O) groups excluding carboxylic acids is 1. The molecule has 2 aromatic carbocycles. The number of nitrogens with zero attached hydrogens (tertiary/aromatic N) is 3. The Labute approximate surface area is 173 Å². The van der Waals surface area contributed by atoms with Crippen molar-refractivity contribution in [3.05, 3.63) is 83.1 Å². The molecular formula is C22H21FN4O3. The van der Waals surface area contributed by atoms with Crippen LogP contribution in [0, 0.1) is 5.82 Å². The van der Waals surface area contributed by atoms with E-state index in [1.165, 1.54) is 24.3 Å². The van der Waals surface area contributed by atoms with E-state index in [1.54, 1.807) is 37.3 Å². The lowest BCUT2D eigenvalue weighted by atomic mass is 10.1. The van der Waals surface area contributed by atoms with Crippen molar-refractivity contribution in [2.75, 3.05) is 24.3 Å². The molecule has 1 amide bonds. The van der Waals surface area contributed by atoms with Crippen molar-refractivity contribution in [3.63, 3.8) is 0 Å². The number of carboxylic acid groups (broad SMARTS) is 1. The second kappa shape index (κ2) is 9.13. The Kier molecular flexibility index (Phi) is 6.36. The molecule has 0 saturated heterocycles. The van der Waals surface area contributed by atoms with Crippen LogP contribution in [-0.4, -0.2) is 41.0 Å². The number of nitrogens with one attached hydrogen (secondary N) is 1. The van der Waals surface area contributed by atoms with Gasteiger partial charge in [0.25, 0.3) is 5.91 Å². The Morgan fingerprint density at radius 2 is 1.73 bits per heavy atom. The summed E-state index contributed by atoms with van der Waals surface area (Å²) in [4.78, 5) is 33.8. The average molecular weight is 408 g/mol. The minimum atomic E-state index is -0.937. The first kappa shape index (κ1) is 20.9. The van der Waals surface area contributed by atoms with Crippen LogP contribution in [0.5, 0.6) is 0 Å². The summed E-state index contributed by atoms with van der Waals surface area (Å²) in [5, 5.41) is 11.8. The van der Waals surface area contributed by atoms with Gasteiger partial charge in [0, 0.05) is 43.5 Å². The number of aromatic nitrogens is 2. The number of anilines is 2. The lowest BCUT2D eigenvalue weighted by molar-refractivity contribution is -0.136. The minimum absolute atomic E-state index is 0.143. The van der Waals surface area contributed by atoms with E-state index in [1.807, 2.05) is 12.1 Å². The number of carbonyl (C=O) groups is 2. The van der Waals surface area contributed by atoms with Crippen molar-refractivity contribution in [2.24, 2.45) is 0 Å². The third-order valence-corrected chi connectivity index (χ3v) is 4.34. The molecule has 0 aliphatic heterocycles. The summed E-state index contributed by atoms with van der Waals surface area (Å²) in [6.45, 7) is 0. The van der Waals surface area contributed by atoms with Gasteiger partial charge in [-0.3, -0.25) is 9.59 Å². The largest absolute Gasteiger partial charge is 0.481 e. The molecule has 0 bridgehead atoms. The molecule has 0 aliphatic rings. The van der Waals surface area contributed by atoms with E-state index in [4.69, 9.17) is 5.11 Å². The van der Waals surface area contributed by atoms with Crippen molar-refractivity contribution in [2.45, 2.75) is 12.8 Å². The van der Waals surface area contributed by atoms with Crippen LogP contribution in [0.25, 0.3) is 0 Å². The normalized spacial score (nSPS) is 10.5. The van der Waals surface area contributed by atoms with Gasteiger partial charge >= 0.3 is 5.97 Å². The summed E-state index contributed by atoms with van der Waals surface area (Å²) in [6.07, 6.45) is 1.86. The molecular weight excluding hydrogens is 387 g/mol. The molecule has 3 rings (SSSR count). The Hall–Kier alpha value is -3.81. The van der Waals surface area contributed by atoms with Crippen LogP contribution in [0.3, 0.4) is 0 Å². The number of halogens is 1. The number of aliphatic carboxylic acids is 1. The zero-order valence-corrected chi connectivity index (χ0v) is 16.6. The predicted molar refractivity (Wildman–Crippen MR) is 111 cm³/mol. The maximum Gasteiger partial charge on any atom is 0.308 e. The van der Waals surface area contributed by atoms with Gasteiger partial charge in [0.1, 0.15) is 17.5 Å². The van der Waals surface area contributed by atoms with E-state index < -0.39 is 11.8 Å². The van der Waals surface area contributed by atoms with Crippen molar-refractivity contribution in [1.82, 2.24) is 9.97 Å². The Morgan fingerprint density at radius 3 is 2.33 bits per heavy atom. The summed E-state index contributed by atoms with van der Waals surface area (Å²) >= 11 is 0. The van der Waals surface area contributed by atoms with Gasteiger partial charge < -0.3 is 15.3 Å². The van der Waals surface area contributed by atoms with Gasteiger partial charge in [-0.15, -0.1) is 0 Å². The third-order valence-electron chi connectivity index (χ3n) is 4.34. The number of hydrogen-bond acceptors (Lipinski definition) is 5. The highest BCUT2D eigenvalue weighted by Gasteiger charge is 2.13. The Balaban J connectivity index is 1.69. The fraction of sp³-hybridized carbons (Fsp3) is 0.182. The third kappa shape index (κ3) is 5.38. The van der Waals surface area contributed by atoms with Gasteiger partial charge in [-0.05, 0) is 42.0 Å². The summed E-state index contributed by atoms with van der Waals surface area (Å²) in [5.41, 5.74) is 2.46. The van der Waals surface area contributed by atoms with E-state index in [0.29, 0.717) is 34.9 Å². The molecule has 0 fully saturated rings. The molecule has 0 atom stereocenters. The van der Waals surface area contributed by atoms with Gasteiger partial charge in [-0.2, -0.15) is 0 Å². The highest BCUT2D eigenvalue weighted by atomic mass is 19.1. The zero-order chi connectivity index (χ0) is 21.7. The summed E-state index contributed by atoms with van der Waals surface area (Å²) in [5.74, 6) is -0.517. The molecule has 154 valence electrons. The number of carboxylic acids is 1. The maximum absolute atomic E-state index is 13.0. The SMILES string of the molecule is CN(C)c1nc(Cc2ccc(NC(=O)c3ccc(F)cc3)cc2)ncc1CC(=O)O. The van der Waals surface area contributed by atoms with Crippen molar-refractivity contribution in [3.8, 4) is 0 Å². The van der Waals surface area contributed by atoms with Crippen LogP contribution in [-0.2, 0) is 17.6 Å². The van der Waals surface area contributed by atoms with Gasteiger partial charge in [0.15, 0.2) is 0 Å². The summed E-state index contributed by atoms with van der Waals surface area (Å²) < 4.78 is 13.0. The number of benzene rings is 2. The fourth-order valence-electron chi connectivity index (χ4n) is 2.89. The monoisotopic (exact) mass is 408 g/mol. The van der Waals surface area contributed by atoms with Crippen LogP contribution in [0.4, 0.5) is 15.9 Å². The topological polar surface area (TPSA) is 95.4 Å². The molecule has 0 unspecified atom stereocenters. The first-order valence-electron chi connectivity index (χ1n) is 9.21. The van der Waals surface area contributed by atoms with Gasteiger partial charge in [-0.1, -0.05) is 12.1 Å². The van der Waals surface area contributed by atoms with Crippen molar-refractivity contribution < 1.29 is 19.1 Å². The van der Waals surface area contributed by atoms with E-state index >= 15 is 0 Å². The van der Waals surface area contributed by atoms with Crippen LogP contribution in [0.1, 0.15) is 27.3 Å². The molecule has 0 radical (unpaired) electrons. The van der Waals surface area contributed by atoms with Crippen molar-refractivity contribution in [1.29, 1.82) is 0 Å². The first-order valence-corrected chi connectivity index (χ1v) is 9.21. The smallest absolute Gasteiger partial charge is 0.308 e. The molecule has 7 nitrogen and oxygen atoms in total. The molecule has 1 aromatic heterocycles. The molecule has 2 N–H and O–H groups in total. The second-order valence-corrected chi connectivity index (χ2v) is 6.93. The van der Waals surface area contributed by atoms with Gasteiger partial charge in [-0.25, -0.2) is 14.4 Å².